The molecule has 5 nitrogen and oxygen atoms in total. The Hall–Kier alpha value is -2.55. The summed E-state index contributed by atoms with van der Waals surface area (Å²) >= 11 is 1.46. The minimum Gasteiger partial charge on any atom is -0.330 e. The molecule has 1 fully saturated rings. The zero-order valence-corrected chi connectivity index (χ0v) is 14.4. The van der Waals surface area contributed by atoms with E-state index in [4.69, 9.17) is 0 Å². The van der Waals surface area contributed by atoms with Crippen LogP contribution in [0.15, 0.2) is 29.6 Å². The van der Waals surface area contributed by atoms with Gasteiger partial charge in [-0.05, 0) is 36.4 Å². The highest BCUT2D eigenvalue weighted by Crippen LogP contribution is 2.21. The first-order chi connectivity index (χ1) is 12.5. The van der Waals surface area contributed by atoms with Crippen molar-refractivity contribution >= 4 is 28.8 Å². The van der Waals surface area contributed by atoms with Crippen LogP contribution >= 0.6 is 11.3 Å². The maximum atomic E-state index is 13.6. The van der Waals surface area contributed by atoms with E-state index < -0.39 is 35.1 Å². The highest BCUT2D eigenvalue weighted by Gasteiger charge is 2.34. The highest BCUT2D eigenvalue weighted by atomic mass is 32.1. The van der Waals surface area contributed by atoms with Crippen molar-refractivity contribution in [3.8, 4) is 0 Å². The fourth-order valence-electron chi connectivity index (χ4n) is 2.84. The number of nitrogens with one attached hydrogen (secondary N) is 2. The molecule has 0 bridgehead atoms. The highest BCUT2D eigenvalue weighted by molar-refractivity contribution is 7.10. The molecule has 1 aliphatic rings. The van der Waals surface area contributed by atoms with Crippen LogP contribution in [0.25, 0.3) is 0 Å². The van der Waals surface area contributed by atoms with Gasteiger partial charge in [0.15, 0.2) is 17.5 Å². The van der Waals surface area contributed by atoms with Gasteiger partial charge in [-0.15, -0.1) is 11.3 Å². The van der Waals surface area contributed by atoms with Crippen LogP contribution in [0.1, 0.15) is 17.7 Å². The third-order valence-corrected chi connectivity index (χ3v) is 5.01. The first-order valence-corrected chi connectivity index (χ1v) is 8.86. The number of anilines is 1. The monoisotopic (exact) mass is 383 g/mol. The molecule has 26 heavy (non-hydrogen) atoms. The van der Waals surface area contributed by atoms with Gasteiger partial charge in [0, 0.05) is 11.4 Å². The Kier molecular flexibility index (Phi) is 5.46. The van der Waals surface area contributed by atoms with Crippen LogP contribution in [-0.2, 0) is 16.0 Å². The zero-order chi connectivity index (χ0) is 18.7. The van der Waals surface area contributed by atoms with E-state index >= 15 is 0 Å². The van der Waals surface area contributed by atoms with E-state index in [-0.39, 0.29) is 12.3 Å². The molecule has 2 N–H and O–H groups in total. The number of halogens is 3. The van der Waals surface area contributed by atoms with E-state index in [2.05, 4.69) is 10.9 Å². The van der Waals surface area contributed by atoms with Crippen LogP contribution < -0.4 is 10.9 Å². The number of likely N-dealkylation sites (tertiary alicyclic amines) is 1. The van der Waals surface area contributed by atoms with Crippen LogP contribution in [0.3, 0.4) is 0 Å². The van der Waals surface area contributed by atoms with Crippen molar-refractivity contribution in [2.24, 2.45) is 0 Å². The standard InChI is InChI=1S/C17H16F3N3O2S/c18-11-5-6-12(16(20)15(11)19)21-22-17(25)13-4-1-7-23(13)14(24)9-10-3-2-8-26-10/h2-3,5-6,8,13,21H,1,4,7,9H2,(H,22,25). The molecule has 9 heteroatoms. The molecule has 1 aromatic heterocycles. The lowest BCUT2D eigenvalue weighted by atomic mass is 10.2. The van der Waals surface area contributed by atoms with E-state index in [0.29, 0.717) is 19.4 Å². The Morgan fingerprint density at radius 1 is 1.19 bits per heavy atom. The van der Waals surface area contributed by atoms with Gasteiger partial charge in [0.2, 0.25) is 5.91 Å². The molecule has 0 aliphatic carbocycles. The van der Waals surface area contributed by atoms with Crippen LogP contribution in [-0.4, -0.2) is 29.3 Å². The number of benzene rings is 1. The average Bonchev–Trinajstić information content (AvgIpc) is 3.30. The Labute approximate surface area is 151 Å². The summed E-state index contributed by atoms with van der Waals surface area (Å²) in [4.78, 5) is 27.2. The molecule has 1 aliphatic heterocycles. The summed E-state index contributed by atoms with van der Waals surface area (Å²) in [6.07, 6.45) is 1.37. The number of rotatable bonds is 5. The van der Waals surface area contributed by atoms with Gasteiger partial charge in [0.1, 0.15) is 6.04 Å². The van der Waals surface area contributed by atoms with Crippen molar-refractivity contribution in [2.45, 2.75) is 25.3 Å². The molecule has 1 atom stereocenters. The largest absolute Gasteiger partial charge is 0.330 e. The molecular formula is C17H16F3N3O2S. The Morgan fingerprint density at radius 2 is 2.00 bits per heavy atom. The topological polar surface area (TPSA) is 61.4 Å². The fraction of sp³-hybridized carbons (Fsp3) is 0.294. The molecule has 1 unspecified atom stereocenters. The van der Waals surface area contributed by atoms with E-state index in [1.54, 1.807) is 0 Å². The van der Waals surface area contributed by atoms with Crippen molar-refractivity contribution in [3.63, 3.8) is 0 Å². The van der Waals surface area contributed by atoms with E-state index in [0.717, 1.165) is 17.0 Å². The molecule has 2 heterocycles. The second-order valence-electron chi connectivity index (χ2n) is 5.84. The summed E-state index contributed by atoms with van der Waals surface area (Å²) in [5, 5.41) is 1.87. The summed E-state index contributed by atoms with van der Waals surface area (Å²) < 4.78 is 39.8. The first-order valence-electron chi connectivity index (χ1n) is 7.98. The average molecular weight is 383 g/mol. The molecule has 138 valence electrons. The normalized spacial score (nSPS) is 16.6. The minimum atomic E-state index is -1.63. The smallest absolute Gasteiger partial charge is 0.261 e. The van der Waals surface area contributed by atoms with Gasteiger partial charge in [-0.1, -0.05) is 6.07 Å². The van der Waals surface area contributed by atoms with Crippen LogP contribution in [0.5, 0.6) is 0 Å². The fourth-order valence-corrected chi connectivity index (χ4v) is 3.53. The van der Waals surface area contributed by atoms with Crippen molar-refractivity contribution in [1.29, 1.82) is 0 Å². The number of carbonyl (C=O) groups is 2. The second-order valence-corrected chi connectivity index (χ2v) is 6.87. The number of thiophene rings is 1. The van der Waals surface area contributed by atoms with Gasteiger partial charge in [-0.2, -0.15) is 0 Å². The maximum absolute atomic E-state index is 13.6. The van der Waals surface area contributed by atoms with Crippen molar-refractivity contribution in [2.75, 3.05) is 12.0 Å². The van der Waals surface area contributed by atoms with Gasteiger partial charge < -0.3 is 4.90 Å². The number of carbonyl (C=O) groups excluding carboxylic acids is 2. The number of hydrogen-bond donors (Lipinski definition) is 2. The first kappa shape index (κ1) is 18.2. The zero-order valence-electron chi connectivity index (χ0n) is 13.6. The Bertz CT molecular complexity index is 814. The Balaban J connectivity index is 1.61. The van der Waals surface area contributed by atoms with Gasteiger partial charge in [0.25, 0.3) is 5.91 Å². The summed E-state index contributed by atoms with van der Waals surface area (Å²) in [7, 11) is 0. The van der Waals surface area contributed by atoms with Crippen LogP contribution in [0.4, 0.5) is 18.9 Å². The predicted molar refractivity (Wildman–Crippen MR) is 90.8 cm³/mol. The third kappa shape index (κ3) is 3.82. The van der Waals surface area contributed by atoms with Gasteiger partial charge in [-0.25, -0.2) is 13.2 Å². The van der Waals surface area contributed by atoms with Crippen molar-refractivity contribution in [1.82, 2.24) is 10.3 Å². The summed E-state index contributed by atoms with van der Waals surface area (Å²) in [6, 6.07) is 4.73. The molecule has 2 aromatic rings. The predicted octanol–water partition coefficient (Wildman–Crippen LogP) is 2.84. The summed E-state index contributed by atoms with van der Waals surface area (Å²) in [6.45, 7) is 0.460. The quantitative estimate of drug-likeness (QED) is 0.617. The molecule has 1 aromatic carbocycles. The maximum Gasteiger partial charge on any atom is 0.261 e. The van der Waals surface area contributed by atoms with Crippen molar-refractivity contribution in [3.05, 3.63) is 52.0 Å². The van der Waals surface area contributed by atoms with Crippen molar-refractivity contribution < 1.29 is 22.8 Å². The lowest BCUT2D eigenvalue weighted by molar-refractivity contribution is -0.137. The van der Waals surface area contributed by atoms with Gasteiger partial charge in [0.05, 0.1) is 12.1 Å². The lowest BCUT2D eigenvalue weighted by Gasteiger charge is -2.24. The summed E-state index contributed by atoms with van der Waals surface area (Å²) in [5.41, 5.74) is 4.11. The molecule has 2 amide bonds. The number of nitrogens with zero attached hydrogens (tertiary/aromatic N) is 1. The van der Waals surface area contributed by atoms with E-state index in [1.165, 1.54) is 16.2 Å². The van der Waals surface area contributed by atoms with Gasteiger partial charge >= 0.3 is 0 Å². The SMILES string of the molecule is O=C(NNc1ccc(F)c(F)c1F)C1CCCN1C(=O)Cc1cccs1. The van der Waals surface area contributed by atoms with E-state index in [9.17, 15) is 22.8 Å². The minimum absolute atomic E-state index is 0.163. The molecule has 1 saturated heterocycles. The Morgan fingerprint density at radius 3 is 2.73 bits per heavy atom. The number of hydrazine groups is 1. The summed E-state index contributed by atoms with van der Waals surface area (Å²) in [5.74, 6) is -5.07. The molecule has 0 radical (unpaired) electrons. The number of amides is 2. The van der Waals surface area contributed by atoms with E-state index in [1.807, 2.05) is 17.5 Å². The van der Waals surface area contributed by atoms with Crippen LogP contribution in [0, 0.1) is 17.5 Å². The molecule has 0 saturated carbocycles. The molecular weight excluding hydrogens is 367 g/mol. The third-order valence-electron chi connectivity index (χ3n) is 4.14. The van der Waals surface area contributed by atoms with Crippen LogP contribution in [0.2, 0.25) is 0 Å². The van der Waals surface area contributed by atoms with Gasteiger partial charge in [-0.3, -0.25) is 20.4 Å². The number of hydrogen-bond acceptors (Lipinski definition) is 4. The molecule has 3 rings (SSSR count). The second kappa shape index (κ2) is 7.77. The molecule has 0 spiro atoms. The lowest BCUT2D eigenvalue weighted by Crippen LogP contribution is -2.48.